The Bertz CT molecular complexity index is 359. The lowest BCUT2D eigenvalue weighted by molar-refractivity contribution is -0.124. The van der Waals surface area contributed by atoms with E-state index in [1.165, 1.54) is 11.8 Å². The summed E-state index contributed by atoms with van der Waals surface area (Å²) in [6.07, 6.45) is 0.00573. The predicted octanol–water partition coefficient (Wildman–Crippen LogP) is 1.55. The molecule has 0 aliphatic heterocycles. The van der Waals surface area contributed by atoms with Gasteiger partial charge in [0.25, 0.3) is 0 Å². The molecule has 18 heavy (non-hydrogen) atoms. The Kier molecular flexibility index (Phi) is 9.22. The van der Waals surface area contributed by atoms with Gasteiger partial charge >= 0.3 is 0 Å². The Morgan fingerprint density at radius 2 is 1.67 bits per heavy atom. The van der Waals surface area contributed by atoms with Crippen LogP contribution in [0.15, 0.2) is 0 Å². The van der Waals surface area contributed by atoms with Gasteiger partial charge in [-0.25, -0.2) is 0 Å². The minimum Gasteiger partial charge on any atom is -0.312 e. The molecule has 0 spiro atoms. The Morgan fingerprint density at radius 1 is 1.17 bits per heavy atom. The van der Waals surface area contributed by atoms with Crippen molar-refractivity contribution in [1.82, 2.24) is 10.6 Å². The number of carbonyl (C=O) groups is 2. The van der Waals surface area contributed by atoms with Crippen molar-refractivity contribution in [2.75, 3.05) is 0 Å². The first-order chi connectivity index (χ1) is 8.22. The van der Waals surface area contributed by atoms with E-state index >= 15 is 0 Å². The molecule has 0 saturated heterocycles. The minimum absolute atomic E-state index is 0.00573. The highest BCUT2D eigenvalue weighted by molar-refractivity contribution is 8.11. The summed E-state index contributed by atoms with van der Waals surface area (Å²) in [5.41, 5.74) is 0. The van der Waals surface area contributed by atoms with Gasteiger partial charge in [-0.05, 0) is 5.25 Å². The van der Waals surface area contributed by atoms with E-state index in [-0.39, 0.29) is 32.1 Å². The average Bonchev–Trinajstić information content (AvgIpc) is 2.13. The predicted molar refractivity (Wildman–Crippen MR) is 90.6 cm³/mol. The molecule has 9 heteroatoms. The van der Waals surface area contributed by atoms with Gasteiger partial charge < -0.3 is 10.6 Å². The topological polar surface area (TPSA) is 58.2 Å². The molecule has 0 aromatic rings. The molecule has 0 fully saturated rings. The van der Waals surface area contributed by atoms with Crippen LogP contribution in [0.3, 0.4) is 0 Å². The van der Waals surface area contributed by atoms with Crippen LogP contribution in [0.4, 0.5) is 0 Å². The van der Waals surface area contributed by atoms with Crippen molar-refractivity contribution < 1.29 is 9.59 Å². The van der Waals surface area contributed by atoms with Crippen LogP contribution in [0.2, 0.25) is 0 Å². The molecular formula is C9H14N2O2S5. The Balaban J connectivity index is 4.57. The third-order valence-electron chi connectivity index (χ3n) is 1.58. The van der Waals surface area contributed by atoms with Crippen LogP contribution in [0.1, 0.15) is 20.3 Å². The number of nitrogens with one attached hydrogen (secondary N) is 2. The third kappa shape index (κ3) is 9.15. The van der Waals surface area contributed by atoms with E-state index in [1.807, 2.05) is 13.8 Å². The van der Waals surface area contributed by atoms with Crippen LogP contribution in [-0.2, 0) is 9.59 Å². The maximum atomic E-state index is 11.8. The van der Waals surface area contributed by atoms with Crippen LogP contribution in [0.25, 0.3) is 0 Å². The number of carbonyl (C=O) groups excluding carboxylic acids is 2. The molecular weight excluding hydrogens is 328 g/mol. The van der Waals surface area contributed by atoms with Crippen molar-refractivity contribution in [2.24, 2.45) is 0 Å². The van der Waals surface area contributed by atoms with Crippen molar-refractivity contribution in [3.05, 3.63) is 0 Å². The summed E-state index contributed by atoms with van der Waals surface area (Å²) in [5, 5.41) is 4.43. The molecule has 4 nitrogen and oxygen atoms in total. The number of thiol groups is 2. The van der Waals surface area contributed by atoms with Gasteiger partial charge in [0.1, 0.15) is 8.64 Å². The summed E-state index contributed by atoms with van der Waals surface area (Å²) in [5.74, 6) is -0.692. The van der Waals surface area contributed by atoms with Crippen molar-refractivity contribution >= 4 is 81.9 Å². The number of amides is 2. The van der Waals surface area contributed by atoms with E-state index in [0.717, 1.165) is 0 Å². The van der Waals surface area contributed by atoms with Gasteiger partial charge in [-0.15, -0.1) is 37.0 Å². The summed E-state index contributed by atoms with van der Waals surface area (Å²) in [4.78, 5) is 23.4. The van der Waals surface area contributed by atoms with Crippen LogP contribution >= 0.6 is 61.5 Å². The second-order valence-corrected chi connectivity index (χ2v) is 7.63. The molecule has 0 radical (unpaired) electrons. The van der Waals surface area contributed by atoms with Gasteiger partial charge in [-0.3, -0.25) is 9.59 Å². The van der Waals surface area contributed by atoms with E-state index in [2.05, 4.69) is 60.3 Å². The lowest BCUT2D eigenvalue weighted by atomic mass is 10.3. The fourth-order valence-electron chi connectivity index (χ4n) is 1.06. The molecule has 0 aliphatic carbocycles. The van der Waals surface area contributed by atoms with Gasteiger partial charge in [0.05, 0.1) is 5.25 Å². The first-order valence-corrected chi connectivity index (χ1v) is 7.59. The number of thiocarbonyl (C=S) groups is 2. The largest absolute Gasteiger partial charge is 0.312 e. The smallest absolute Gasteiger partial charge is 0.239 e. The number of thioether (sulfide) groups is 1. The number of rotatable bonds is 5. The average molecular weight is 343 g/mol. The summed E-state index contributed by atoms with van der Waals surface area (Å²) in [6.45, 7) is 3.87. The summed E-state index contributed by atoms with van der Waals surface area (Å²) < 4.78 is 0.165. The summed E-state index contributed by atoms with van der Waals surface area (Å²) in [7, 11) is 0. The van der Waals surface area contributed by atoms with Crippen LogP contribution in [0.5, 0.6) is 0 Å². The van der Waals surface area contributed by atoms with Crippen molar-refractivity contribution in [2.45, 2.75) is 30.8 Å². The lowest BCUT2D eigenvalue weighted by Gasteiger charge is -2.17. The van der Waals surface area contributed by atoms with E-state index < -0.39 is 5.25 Å². The zero-order valence-electron chi connectivity index (χ0n) is 9.80. The Labute approximate surface area is 132 Å². The van der Waals surface area contributed by atoms with Gasteiger partial charge in [0, 0.05) is 6.42 Å². The highest BCUT2D eigenvalue weighted by Crippen LogP contribution is 2.20. The zero-order chi connectivity index (χ0) is 14.3. The van der Waals surface area contributed by atoms with E-state index in [0.29, 0.717) is 0 Å². The third-order valence-corrected chi connectivity index (χ3v) is 3.26. The first kappa shape index (κ1) is 18.2. The molecule has 1 unspecified atom stereocenters. The second-order valence-electron chi connectivity index (χ2n) is 3.53. The summed E-state index contributed by atoms with van der Waals surface area (Å²) >= 11 is 18.3. The molecule has 0 heterocycles. The Morgan fingerprint density at radius 3 is 2.06 bits per heavy atom. The highest BCUT2D eigenvalue weighted by Gasteiger charge is 2.24. The van der Waals surface area contributed by atoms with Gasteiger partial charge in [0.15, 0.2) is 0 Å². The SMILES string of the molecule is CC(C)SC(CC(=O)NC(=S)S)C(=O)NC(=S)S. The van der Waals surface area contributed by atoms with Crippen molar-refractivity contribution in [3.8, 4) is 0 Å². The monoisotopic (exact) mass is 342 g/mol. The first-order valence-electron chi connectivity index (χ1n) is 4.94. The fraction of sp³-hybridized carbons (Fsp3) is 0.556. The van der Waals surface area contributed by atoms with Gasteiger partial charge in [-0.2, -0.15) is 0 Å². The fourth-order valence-corrected chi connectivity index (χ4v) is 2.59. The summed E-state index contributed by atoms with van der Waals surface area (Å²) in [6, 6.07) is 0. The van der Waals surface area contributed by atoms with Crippen molar-refractivity contribution in [1.29, 1.82) is 0 Å². The van der Waals surface area contributed by atoms with E-state index in [4.69, 9.17) is 0 Å². The van der Waals surface area contributed by atoms with Gasteiger partial charge in [-0.1, -0.05) is 38.3 Å². The molecule has 0 aromatic carbocycles. The molecule has 2 amide bonds. The van der Waals surface area contributed by atoms with Crippen molar-refractivity contribution in [3.63, 3.8) is 0 Å². The van der Waals surface area contributed by atoms with E-state index in [9.17, 15) is 9.59 Å². The van der Waals surface area contributed by atoms with Crippen LogP contribution in [-0.4, -0.2) is 31.0 Å². The zero-order valence-corrected chi connectivity index (χ0v) is 14.0. The highest BCUT2D eigenvalue weighted by atomic mass is 32.2. The molecule has 0 rings (SSSR count). The molecule has 102 valence electrons. The Hall–Kier alpha value is 0.170. The molecule has 0 aromatic heterocycles. The maximum absolute atomic E-state index is 11.8. The normalized spacial score (nSPS) is 11.8. The standard InChI is InChI=1S/C9H14N2O2S5/c1-4(2)18-5(7(13)11-9(16)17)3-6(12)10-8(14)15/h4-5H,3H2,1-2H3,(H2,10,12,14,15)(H2,11,13,16,17). The molecule has 1 atom stereocenters. The lowest BCUT2D eigenvalue weighted by Crippen LogP contribution is -2.39. The number of hydrogen-bond acceptors (Lipinski definition) is 5. The molecule has 0 saturated carbocycles. The quantitative estimate of drug-likeness (QED) is 0.451. The number of hydrogen-bond donors (Lipinski definition) is 4. The van der Waals surface area contributed by atoms with E-state index in [1.54, 1.807) is 0 Å². The second kappa shape index (κ2) is 9.13. The maximum Gasteiger partial charge on any atom is 0.239 e. The molecule has 0 bridgehead atoms. The molecule has 2 N–H and O–H groups in total. The van der Waals surface area contributed by atoms with Crippen LogP contribution in [0, 0.1) is 0 Å². The van der Waals surface area contributed by atoms with Gasteiger partial charge in [0.2, 0.25) is 11.8 Å². The van der Waals surface area contributed by atoms with Crippen LogP contribution < -0.4 is 10.6 Å². The molecule has 0 aliphatic rings. The minimum atomic E-state index is -0.544.